The second-order valence-electron chi connectivity index (χ2n) is 6.63. The topological polar surface area (TPSA) is 15.3 Å². The number of hydrogen-bond donors (Lipinski definition) is 1. The van der Waals surface area contributed by atoms with Crippen LogP contribution in [-0.2, 0) is 0 Å². The van der Waals surface area contributed by atoms with Crippen LogP contribution in [0.1, 0.15) is 40.0 Å². The third-order valence-electron chi connectivity index (χ3n) is 4.98. The van der Waals surface area contributed by atoms with Gasteiger partial charge in [0.1, 0.15) is 0 Å². The Morgan fingerprint density at radius 1 is 1.18 bits per heavy atom. The number of rotatable bonds is 3. The van der Waals surface area contributed by atoms with Gasteiger partial charge in [-0.3, -0.25) is 0 Å². The Labute approximate surface area is 107 Å². The first-order valence-electron chi connectivity index (χ1n) is 7.60. The minimum atomic E-state index is 0.874. The molecule has 2 heterocycles. The maximum absolute atomic E-state index is 3.53. The maximum atomic E-state index is 3.53. The van der Waals surface area contributed by atoms with E-state index in [1.807, 2.05) is 0 Å². The Hall–Kier alpha value is -0.0800. The van der Waals surface area contributed by atoms with Gasteiger partial charge in [-0.25, -0.2) is 0 Å². The van der Waals surface area contributed by atoms with Crippen LogP contribution in [0.25, 0.3) is 0 Å². The molecule has 0 aliphatic carbocycles. The predicted molar refractivity (Wildman–Crippen MR) is 74.1 cm³/mol. The highest BCUT2D eigenvalue weighted by Gasteiger charge is 2.26. The summed E-state index contributed by atoms with van der Waals surface area (Å²) in [5, 5.41) is 3.53. The minimum absolute atomic E-state index is 0.874. The van der Waals surface area contributed by atoms with E-state index < -0.39 is 0 Å². The highest BCUT2D eigenvalue weighted by atomic mass is 15.1. The van der Waals surface area contributed by atoms with Gasteiger partial charge in [-0.1, -0.05) is 20.8 Å². The Bertz CT molecular complexity index is 227. The quantitative estimate of drug-likeness (QED) is 0.813. The molecule has 0 radical (unpaired) electrons. The number of hydrogen-bond acceptors (Lipinski definition) is 2. The van der Waals surface area contributed by atoms with E-state index in [9.17, 15) is 0 Å². The molecule has 0 amide bonds. The molecule has 2 heteroatoms. The van der Waals surface area contributed by atoms with Crippen LogP contribution in [-0.4, -0.2) is 37.6 Å². The summed E-state index contributed by atoms with van der Waals surface area (Å²) in [6, 6.07) is 0. The van der Waals surface area contributed by atoms with Crippen molar-refractivity contribution in [2.75, 3.05) is 32.7 Å². The molecule has 3 unspecified atom stereocenters. The Kier molecular flexibility index (Phi) is 4.87. The van der Waals surface area contributed by atoms with Crippen LogP contribution < -0.4 is 5.32 Å². The molecule has 0 saturated carbocycles. The first-order valence-corrected chi connectivity index (χ1v) is 7.60. The molecular weight excluding hydrogens is 208 g/mol. The fourth-order valence-electron chi connectivity index (χ4n) is 3.47. The molecule has 3 atom stereocenters. The first-order chi connectivity index (χ1) is 8.16. The number of likely N-dealkylation sites (tertiary alicyclic amines) is 1. The third kappa shape index (κ3) is 3.69. The van der Waals surface area contributed by atoms with Crippen molar-refractivity contribution < 1.29 is 0 Å². The van der Waals surface area contributed by atoms with Crippen LogP contribution in [0.5, 0.6) is 0 Å². The van der Waals surface area contributed by atoms with Crippen LogP contribution in [0.3, 0.4) is 0 Å². The maximum Gasteiger partial charge on any atom is 0.00248 e. The molecule has 0 spiro atoms. The average Bonchev–Trinajstić information content (AvgIpc) is 2.55. The number of nitrogens with zero attached hydrogens (tertiary/aromatic N) is 1. The smallest absolute Gasteiger partial charge is 0.00248 e. The lowest BCUT2D eigenvalue weighted by atomic mass is 9.89. The summed E-state index contributed by atoms with van der Waals surface area (Å²) in [7, 11) is 0. The van der Waals surface area contributed by atoms with Crippen molar-refractivity contribution in [2.45, 2.75) is 40.0 Å². The van der Waals surface area contributed by atoms with Gasteiger partial charge >= 0.3 is 0 Å². The van der Waals surface area contributed by atoms with Crippen molar-refractivity contribution in [1.82, 2.24) is 10.2 Å². The zero-order valence-corrected chi connectivity index (χ0v) is 11.9. The van der Waals surface area contributed by atoms with Crippen LogP contribution in [0, 0.1) is 23.7 Å². The van der Waals surface area contributed by atoms with Crippen LogP contribution in [0.4, 0.5) is 0 Å². The summed E-state index contributed by atoms with van der Waals surface area (Å²) < 4.78 is 0. The van der Waals surface area contributed by atoms with Gasteiger partial charge in [0, 0.05) is 6.54 Å². The molecule has 2 aliphatic heterocycles. The van der Waals surface area contributed by atoms with E-state index in [2.05, 4.69) is 31.0 Å². The van der Waals surface area contributed by atoms with E-state index in [0.717, 1.165) is 23.7 Å². The molecule has 2 nitrogen and oxygen atoms in total. The van der Waals surface area contributed by atoms with Gasteiger partial charge in [-0.05, 0) is 69.1 Å². The van der Waals surface area contributed by atoms with Crippen LogP contribution >= 0.6 is 0 Å². The monoisotopic (exact) mass is 238 g/mol. The molecule has 0 aromatic rings. The molecule has 2 rings (SSSR count). The van der Waals surface area contributed by atoms with Crippen molar-refractivity contribution in [1.29, 1.82) is 0 Å². The van der Waals surface area contributed by atoms with Gasteiger partial charge in [-0.2, -0.15) is 0 Å². The standard InChI is InChI=1S/C15H30N2/c1-12(2)14-5-4-7-17(8-6-14)11-15-10-16-9-13(15)3/h12-16H,4-11H2,1-3H3. The van der Waals surface area contributed by atoms with E-state index in [1.165, 1.54) is 52.0 Å². The largest absolute Gasteiger partial charge is 0.316 e. The molecule has 0 aromatic carbocycles. The fourth-order valence-corrected chi connectivity index (χ4v) is 3.47. The fraction of sp³-hybridized carbons (Fsp3) is 1.00. The normalized spacial score (nSPS) is 36.4. The molecule has 0 aromatic heterocycles. The second-order valence-corrected chi connectivity index (χ2v) is 6.63. The summed E-state index contributed by atoms with van der Waals surface area (Å²) in [5.74, 6) is 3.62. The van der Waals surface area contributed by atoms with Crippen molar-refractivity contribution in [3.8, 4) is 0 Å². The van der Waals surface area contributed by atoms with E-state index in [-0.39, 0.29) is 0 Å². The van der Waals surface area contributed by atoms with Crippen LogP contribution in [0.2, 0.25) is 0 Å². The molecule has 2 fully saturated rings. The summed E-state index contributed by atoms with van der Waals surface area (Å²) >= 11 is 0. The number of nitrogens with one attached hydrogen (secondary N) is 1. The van der Waals surface area contributed by atoms with Gasteiger partial charge in [0.2, 0.25) is 0 Å². The molecule has 100 valence electrons. The summed E-state index contributed by atoms with van der Waals surface area (Å²) in [5.41, 5.74) is 0. The summed E-state index contributed by atoms with van der Waals surface area (Å²) in [6.07, 6.45) is 4.29. The van der Waals surface area contributed by atoms with E-state index in [0.29, 0.717) is 0 Å². The molecule has 1 N–H and O–H groups in total. The van der Waals surface area contributed by atoms with Gasteiger partial charge < -0.3 is 10.2 Å². The molecule has 17 heavy (non-hydrogen) atoms. The predicted octanol–water partition coefficient (Wildman–Crippen LogP) is 2.60. The van der Waals surface area contributed by atoms with Crippen molar-refractivity contribution in [2.24, 2.45) is 23.7 Å². The lowest BCUT2D eigenvalue weighted by molar-refractivity contribution is 0.220. The Balaban J connectivity index is 1.78. The molecular formula is C15H30N2. The second kappa shape index (κ2) is 6.19. The summed E-state index contributed by atoms with van der Waals surface area (Å²) in [4.78, 5) is 2.73. The van der Waals surface area contributed by atoms with E-state index in [1.54, 1.807) is 0 Å². The van der Waals surface area contributed by atoms with Gasteiger partial charge in [0.05, 0.1) is 0 Å². The summed E-state index contributed by atoms with van der Waals surface area (Å²) in [6.45, 7) is 13.7. The van der Waals surface area contributed by atoms with Gasteiger partial charge in [0.25, 0.3) is 0 Å². The van der Waals surface area contributed by atoms with Crippen molar-refractivity contribution in [3.05, 3.63) is 0 Å². The highest BCUT2D eigenvalue weighted by Crippen LogP contribution is 2.26. The van der Waals surface area contributed by atoms with E-state index in [4.69, 9.17) is 0 Å². The van der Waals surface area contributed by atoms with Gasteiger partial charge in [0.15, 0.2) is 0 Å². The molecule has 0 bridgehead atoms. The third-order valence-corrected chi connectivity index (χ3v) is 4.98. The van der Waals surface area contributed by atoms with Crippen molar-refractivity contribution in [3.63, 3.8) is 0 Å². The Morgan fingerprint density at radius 2 is 2.00 bits per heavy atom. The first kappa shape index (κ1) is 13.4. The van der Waals surface area contributed by atoms with E-state index >= 15 is 0 Å². The Morgan fingerprint density at radius 3 is 2.65 bits per heavy atom. The zero-order valence-electron chi connectivity index (χ0n) is 11.9. The SMILES string of the molecule is CC(C)C1CCCN(CC2CNCC2C)CC1. The molecule has 2 aliphatic rings. The van der Waals surface area contributed by atoms with Crippen molar-refractivity contribution >= 4 is 0 Å². The van der Waals surface area contributed by atoms with Gasteiger partial charge in [-0.15, -0.1) is 0 Å². The average molecular weight is 238 g/mol. The molecule has 2 saturated heterocycles. The zero-order chi connectivity index (χ0) is 12.3. The highest BCUT2D eigenvalue weighted by molar-refractivity contribution is 4.82. The van der Waals surface area contributed by atoms with Crippen LogP contribution in [0.15, 0.2) is 0 Å². The lowest BCUT2D eigenvalue weighted by Gasteiger charge is -2.26. The lowest BCUT2D eigenvalue weighted by Crippen LogP contribution is -2.33. The minimum Gasteiger partial charge on any atom is -0.316 e.